The Bertz CT molecular complexity index is 1230. The van der Waals surface area contributed by atoms with E-state index >= 15 is 0 Å². The maximum absolute atomic E-state index is 12.7. The molecular formula is C26H23ClN2O5. The van der Waals surface area contributed by atoms with Gasteiger partial charge in [0.05, 0.1) is 0 Å². The summed E-state index contributed by atoms with van der Waals surface area (Å²) in [6, 6.07) is 19.4. The van der Waals surface area contributed by atoms with Crippen LogP contribution in [0.4, 0.5) is 10.5 Å². The van der Waals surface area contributed by atoms with Crippen LogP contribution in [0.15, 0.2) is 66.7 Å². The van der Waals surface area contributed by atoms with Crippen LogP contribution in [0.5, 0.6) is 0 Å². The van der Waals surface area contributed by atoms with E-state index in [0.717, 1.165) is 27.2 Å². The molecule has 0 spiro atoms. The van der Waals surface area contributed by atoms with E-state index in [1.54, 1.807) is 0 Å². The van der Waals surface area contributed by atoms with Crippen molar-refractivity contribution in [2.24, 2.45) is 0 Å². The molecule has 0 saturated carbocycles. The Morgan fingerprint density at radius 2 is 1.62 bits per heavy atom. The van der Waals surface area contributed by atoms with Gasteiger partial charge in [-0.3, -0.25) is 10.1 Å². The van der Waals surface area contributed by atoms with E-state index in [2.05, 4.69) is 17.4 Å². The Hall–Kier alpha value is -3.84. The van der Waals surface area contributed by atoms with Crippen LogP contribution < -0.4 is 5.32 Å². The highest BCUT2D eigenvalue weighted by molar-refractivity contribution is 6.31. The quantitative estimate of drug-likeness (QED) is 0.504. The van der Waals surface area contributed by atoms with Crippen molar-refractivity contribution in [3.63, 3.8) is 0 Å². The van der Waals surface area contributed by atoms with E-state index in [1.807, 2.05) is 36.4 Å². The maximum Gasteiger partial charge on any atom is 0.411 e. The van der Waals surface area contributed by atoms with Gasteiger partial charge in [0.1, 0.15) is 12.6 Å². The monoisotopic (exact) mass is 478 g/mol. The van der Waals surface area contributed by atoms with Crippen LogP contribution >= 0.6 is 11.6 Å². The van der Waals surface area contributed by atoms with Gasteiger partial charge in [-0.25, -0.2) is 9.59 Å². The summed E-state index contributed by atoms with van der Waals surface area (Å²) in [7, 11) is 1.39. The van der Waals surface area contributed by atoms with Crippen molar-refractivity contribution in [2.45, 2.75) is 18.9 Å². The van der Waals surface area contributed by atoms with Gasteiger partial charge in [-0.2, -0.15) is 0 Å². The molecule has 0 aromatic heterocycles. The molecule has 0 saturated heterocycles. The normalized spacial score (nSPS) is 12.9. The first-order chi connectivity index (χ1) is 16.3. The lowest BCUT2D eigenvalue weighted by Gasteiger charge is -2.22. The van der Waals surface area contributed by atoms with E-state index in [0.29, 0.717) is 0 Å². The number of fused-ring (bicyclic) bond motifs is 3. The molecule has 34 heavy (non-hydrogen) atoms. The predicted molar refractivity (Wildman–Crippen MR) is 129 cm³/mol. The molecule has 0 bridgehead atoms. The third kappa shape index (κ3) is 4.61. The van der Waals surface area contributed by atoms with Gasteiger partial charge in [0.25, 0.3) is 5.91 Å². The Labute approximate surface area is 201 Å². The maximum atomic E-state index is 12.7. The molecule has 1 aliphatic carbocycles. The number of ether oxygens (including phenoxy) is 1. The second-order valence-electron chi connectivity index (χ2n) is 8.11. The number of hydrogen-bond donors (Lipinski definition) is 2. The molecule has 3 aromatic rings. The number of likely N-dealkylation sites (N-methyl/N-ethyl adjacent to an activating group) is 1. The van der Waals surface area contributed by atoms with Crippen LogP contribution in [0.2, 0.25) is 5.02 Å². The van der Waals surface area contributed by atoms with E-state index in [1.165, 1.54) is 32.2 Å². The second-order valence-corrected chi connectivity index (χ2v) is 8.55. The average molecular weight is 479 g/mol. The van der Waals surface area contributed by atoms with Crippen LogP contribution in [0.25, 0.3) is 11.1 Å². The van der Waals surface area contributed by atoms with E-state index < -0.39 is 24.0 Å². The van der Waals surface area contributed by atoms with Crippen molar-refractivity contribution < 1.29 is 24.2 Å². The number of nitrogens with zero attached hydrogens (tertiary/aromatic N) is 1. The Kier molecular flexibility index (Phi) is 6.56. The van der Waals surface area contributed by atoms with E-state index in [9.17, 15) is 14.4 Å². The lowest BCUT2D eigenvalue weighted by atomic mass is 9.98. The molecule has 0 fully saturated rings. The number of carbonyl (C=O) groups is 3. The lowest BCUT2D eigenvalue weighted by molar-refractivity contribution is -0.141. The Morgan fingerprint density at radius 1 is 1.03 bits per heavy atom. The molecule has 0 aliphatic heterocycles. The number of halogens is 1. The summed E-state index contributed by atoms with van der Waals surface area (Å²) in [5, 5.41) is 12.0. The van der Waals surface area contributed by atoms with Crippen LogP contribution in [0.3, 0.4) is 0 Å². The van der Waals surface area contributed by atoms with Crippen LogP contribution in [-0.4, -0.2) is 47.7 Å². The highest BCUT2D eigenvalue weighted by atomic mass is 35.5. The summed E-state index contributed by atoms with van der Waals surface area (Å²) in [5.41, 5.74) is 4.88. The number of carbonyl (C=O) groups excluding carboxylic acids is 2. The molecule has 8 heteroatoms. The smallest absolute Gasteiger partial charge is 0.411 e. The Balaban J connectivity index is 1.46. The van der Waals surface area contributed by atoms with E-state index in [4.69, 9.17) is 21.4 Å². The van der Waals surface area contributed by atoms with Gasteiger partial charge in [0.2, 0.25) is 0 Å². The zero-order valence-electron chi connectivity index (χ0n) is 18.6. The highest BCUT2D eigenvalue weighted by Crippen LogP contribution is 2.44. The Morgan fingerprint density at radius 3 is 2.21 bits per heavy atom. The van der Waals surface area contributed by atoms with Gasteiger partial charge < -0.3 is 14.7 Å². The number of nitrogens with one attached hydrogen (secondary N) is 1. The van der Waals surface area contributed by atoms with Crippen LogP contribution in [0.1, 0.15) is 34.3 Å². The molecule has 4 rings (SSSR count). The SMILES string of the molecule is CC(C(=O)O)N(C)C(=O)c1cc(Cl)cc(NC(=O)OCC2c3ccccc3-c3ccccc32)c1. The number of carboxylic acids is 1. The van der Waals surface area contributed by atoms with Gasteiger partial charge in [-0.15, -0.1) is 0 Å². The van der Waals surface area contributed by atoms with Crippen molar-refractivity contribution in [2.75, 3.05) is 19.0 Å². The lowest BCUT2D eigenvalue weighted by Crippen LogP contribution is -2.40. The average Bonchev–Trinajstić information content (AvgIpc) is 3.14. The summed E-state index contributed by atoms with van der Waals surface area (Å²) in [6.45, 7) is 1.55. The number of benzene rings is 3. The third-order valence-electron chi connectivity index (χ3n) is 5.99. The molecule has 0 radical (unpaired) electrons. The summed E-state index contributed by atoms with van der Waals surface area (Å²) < 4.78 is 5.53. The molecular weight excluding hydrogens is 456 g/mol. The minimum atomic E-state index is -1.13. The standard InChI is InChI=1S/C26H23ClN2O5/c1-15(25(31)32)29(2)24(30)16-11-17(27)13-18(12-16)28-26(33)34-14-23-21-9-5-3-7-19(21)20-8-4-6-10-22(20)23/h3-13,15,23H,14H2,1-2H3,(H,28,33)(H,31,32). The number of rotatable bonds is 6. The molecule has 1 atom stereocenters. The van der Waals surface area contributed by atoms with Gasteiger partial charge in [-0.05, 0) is 47.4 Å². The van der Waals surface area contributed by atoms with E-state index in [-0.39, 0.29) is 28.8 Å². The highest BCUT2D eigenvalue weighted by Gasteiger charge is 2.29. The molecule has 1 unspecified atom stereocenters. The van der Waals surface area contributed by atoms with Crippen LogP contribution in [-0.2, 0) is 9.53 Å². The minimum Gasteiger partial charge on any atom is -0.480 e. The second kappa shape index (κ2) is 9.57. The number of hydrogen-bond acceptors (Lipinski definition) is 4. The summed E-state index contributed by atoms with van der Waals surface area (Å²) in [5.74, 6) is -1.75. The number of carboxylic acid groups (broad SMARTS) is 1. The van der Waals surface area contributed by atoms with Crippen molar-refractivity contribution >= 4 is 35.3 Å². The zero-order valence-corrected chi connectivity index (χ0v) is 19.4. The molecule has 0 heterocycles. The predicted octanol–water partition coefficient (Wildman–Crippen LogP) is 5.25. The molecule has 7 nitrogen and oxygen atoms in total. The summed E-state index contributed by atoms with van der Waals surface area (Å²) in [6.07, 6.45) is -0.685. The zero-order chi connectivity index (χ0) is 24.4. The number of aliphatic carboxylic acids is 1. The molecule has 2 amide bonds. The largest absolute Gasteiger partial charge is 0.480 e. The fourth-order valence-electron chi connectivity index (χ4n) is 4.08. The van der Waals surface area contributed by atoms with Gasteiger partial charge in [0, 0.05) is 29.2 Å². The summed E-state index contributed by atoms with van der Waals surface area (Å²) >= 11 is 6.14. The molecule has 1 aliphatic rings. The first-order valence-corrected chi connectivity index (χ1v) is 11.1. The number of anilines is 1. The van der Waals surface area contributed by atoms with Gasteiger partial charge >= 0.3 is 12.1 Å². The van der Waals surface area contributed by atoms with Gasteiger partial charge in [0.15, 0.2) is 0 Å². The fraction of sp³-hybridized carbons (Fsp3) is 0.192. The van der Waals surface area contributed by atoms with Crippen molar-refractivity contribution in [1.82, 2.24) is 4.90 Å². The fourth-order valence-corrected chi connectivity index (χ4v) is 4.32. The number of amides is 2. The first kappa shape index (κ1) is 23.3. The molecule has 3 aromatic carbocycles. The van der Waals surface area contributed by atoms with Crippen molar-refractivity contribution in [1.29, 1.82) is 0 Å². The topological polar surface area (TPSA) is 95.9 Å². The molecule has 2 N–H and O–H groups in total. The first-order valence-electron chi connectivity index (χ1n) is 10.7. The van der Waals surface area contributed by atoms with Crippen molar-refractivity contribution in [3.05, 3.63) is 88.4 Å². The van der Waals surface area contributed by atoms with Crippen molar-refractivity contribution in [3.8, 4) is 11.1 Å². The summed E-state index contributed by atoms with van der Waals surface area (Å²) in [4.78, 5) is 37.5. The molecule has 174 valence electrons. The minimum absolute atomic E-state index is 0.0826. The third-order valence-corrected chi connectivity index (χ3v) is 6.21. The van der Waals surface area contributed by atoms with Crippen LogP contribution in [0, 0.1) is 0 Å². The van der Waals surface area contributed by atoms with Gasteiger partial charge in [-0.1, -0.05) is 60.1 Å².